The Balaban J connectivity index is 2.48. The molecule has 1 atom stereocenters. The van der Waals surface area contributed by atoms with Crippen molar-refractivity contribution >= 4 is 11.8 Å². The van der Waals surface area contributed by atoms with E-state index in [-0.39, 0.29) is 24.4 Å². The third-order valence-corrected chi connectivity index (χ3v) is 2.95. The van der Waals surface area contributed by atoms with Gasteiger partial charge in [0.05, 0.1) is 6.54 Å². The number of nitrogens with zero attached hydrogens (tertiary/aromatic N) is 1. The van der Waals surface area contributed by atoms with Gasteiger partial charge in [0.15, 0.2) is 0 Å². The fourth-order valence-electron chi connectivity index (χ4n) is 1.99. The molecule has 16 heavy (non-hydrogen) atoms. The summed E-state index contributed by atoms with van der Waals surface area (Å²) in [5.41, 5.74) is 0. The maximum absolute atomic E-state index is 11.8. The van der Waals surface area contributed by atoms with Crippen molar-refractivity contribution in [2.24, 2.45) is 5.92 Å². The summed E-state index contributed by atoms with van der Waals surface area (Å²) >= 11 is 0. The average Bonchev–Trinajstić information content (AvgIpc) is 2.30. The summed E-state index contributed by atoms with van der Waals surface area (Å²) in [6.45, 7) is 7.23. The van der Waals surface area contributed by atoms with Crippen LogP contribution < -0.4 is 5.32 Å². The third-order valence-electron chi connectivity index (χ3n) is 2.95. The largest absolute Gasteiger partial charge is 0.347 e. The molecule has 1 N–H and O–H groups in total. The van der Waals surface area contributed by atoms with Crippen molar-refractivity contribution in [2.75, 3.05) is 13.1 Å². The van der Waals surface area contributed by atoms with E-state index in [0.717, 1.165) is 19.4 Å². The molecule has 0 aliphatic carbocycles. The van der Waals surface area contributed by atoms with Crippen molar-refractivity contribution in [3.8, 4) is 0 Å². The first-order chi connectivity index (χ1) is 7.50. The zero-order chi connectivity index (χ0) is 12.1. The fraction of sp³-hybridized carbons (Fsp3) is 0.833. The van der Waals surface area contributed by atoms with Crippen LogP contribution in [0, 0.1) is 5.92 Å². The minimum Gasteiger partial charge on any atom is -0.347 e. The lowest BCUT2D eigenvalue weighted by Crippen LogP contribution is -2.40. The van der Waals surface area contributed by atoms with E-state index < -0.39 is 0 Å². The van der Waals surface area contributed by atoms with E-state index in [1.165, 1.54) is 0 Å². The van der Waals surface area contributed by atoms with Crippen LogP contribution in [0.25, 0.3) is 0 Å². The number of hydrogen-bond acceptors (Lipinski definition) is 2. The van der Waals surface area contributed by atoms with Gasteiger partial charge in [-0.2, -0.15) is 0 Å². The van der Waals surface area contributed by atoms with Crippen molar-refractivity contribution in [3.63, 3.8) is 0 Å². The normalized spacial score (nSPS) is 22.2. The van der Waals surface area contributed by atoms with Gasteiger partial charge in [-0.05, 0) is 25.7 Å². The molecule has 1 heterocycles. The summed E-state index contributed by atoms with van der Waals surface area (Å²) in [7, 11) is 0. The highest BCUT2D eigenvalue weighted by Gasteiger charge is 2.25. The van der Waals surface area contributed by atoms with Gasteiger partial charge in [0.1, 0.15) is 0 Å². The second-order valence-corrected chi connectivity index (χ2v) is 4.95. The summed E-state index contributed by atoms with van der Waals surface area (Å²) < 4.78 is 0. The van der Waals surface area contributed by atoms with Gasteiger partial charge in [-0.25, -0.2) is 0 Å². The van der Waals surface area contributed by atoms with E-state index in [2.05, 4.69) is 19.2 Å². The molecule has 1 saturated heterocycles. The molecule has 92 valence electrons. The minimum atomic E-state index is -0.0211. The van der Waals surface area contributed by atoms with Crippen LogP contribution in [0.5, 0.6) is 0 Å². The second kappa shape index (κ2) is 5.87. The van der Waals surface area contributed by atoms with Crippen LogP contribution >= 0.6 is 0 Å². The van der Waals surface area contributed by atoms with Crippen molar-refractivity contribution in [2.45, 2.75) is 46.1 Å². The van der Waals surface area contributed by atoms with Crippen LogP contribution in [0.3, 0.4) is 0 Å². The molecule has 1 aliphatic heterocycles. The Morgan fingerprint density at radius 3 is 2.75 bits per heavy atom. The van der Waals surface area contributed by atoms with Crippen LogP contribution in [0.15, 0.2) is 0 Å². The minimum absolute atomic E-state index is 0.0211. The SMILES string of the molecule is CC(C)CCCN1C(=O)CNC(=O)CC1C. The lowest BCUT2D eigenvalue weighted by molar-refractivity contribution is -0.131. The molecular formula is C12H22N2O2. The summed E-state index contributed by atoms with van der Waals surface area (Å²) in [4.78, 5) is 24.9. The zero-order valence-electron chi connectivity index (χ0n) is 10.5. The molecule has 0 radical (unpaired) electrons. The van der Waals surface area contributed by atoms with Crippen LogP contribution in [-0.2, 0) is 9.59 Å². The highest BCUT2D eigenvalue weighted by Crippen LogP contribution is 2.11. The van der Waals surface area contributed by atoms with Gasteiger partial charge in [-0.15, -0.1) is 0 Å². The molecule has 1 rings (SSSR count). The highest BCUT2D eigenvalue weighted by atomic mass is 16.2. The lowest BCUT2D eigenvalue weighted by atomic mass is 10.1. The van der Waals surface area contributed by atoms with E-state index in [1.54, 1.807) is 0 Å². The Bertz CT molecular complexity index is 264. The molecule has 0 aromatic heterocycles. The molecule has 0 aromatic carbocycles. The van der Waals surface area contributed by atoms with E-state index in [9.17, 15) is 9.59 Å². The van der Waals surface area contributed by atoms with Crippen LogP contribution in [-0.4, -0.2) is 35.8 Å². The monoisotopic (exact) mass is 226 g/mol. The topological polar surface area (TPSA) is 49.4 Å². The maximum atomic E-state index is 11.8. The number of carbonyl (C=O) groups excluding carboxylic acids is 2. The first kappa shape index (κ1) is 13.0. The average molecular weight is 226 g/mol. The fourth-order valence-corrected chi connectivity index (χ4v) is 1.99. The van der Waals surface area contributed by atoms with Gasteiger partial charge >= 0.3 is 0 Å². The van der Waals surface area contributed by atoms with Gasteiger partial charge in [-0.3, -0.25) is 9.59 Å². The third kappa shape index (κ3) is 3.83. The number of nitrogens with one attached hydrogen (secondary N) is 1. The number of rotatable bonds is 4. The smallest absolute Gasteiger partial charge is 0.242 e. The van der Waals surface area contributed by atoms with Crippen molar-refractivity contribution in [1.29, 1.82) is 0 Å². The lowest BCUT2D eigenvalue weighted by Gasteiger charge is -2.26. The van der Waals surface area contributed by atoms with Gasteiger partial charge in [0.25, 0.3) is 0 Å². The maximum Gasteiger partial charge on any atom is 0.242 e. The van der Waals surface area contributed by atoms with Gasteiger partial charge in [0.2, 0.25) is 11.8 Å². The summed E-state index contributed by atoms with van der Waals surface area (Å²) in [5.74, 6) is 0.687. The van der Waals surface area contributed by atoms with E-state index >= 15 is 0 Å². The number of amides is 2. The van der Waals surface area contributed by atoms with Crippen LogP contribution in [0.2, 0.25) is 0 Å². The summed E-state index contributed by atoms with van der Waals surface area (Å²) in [6.07, 6.45) is 2.56. The molecule has 0 spiro atoms. The Hall–Kier alpha value is -1.06. The molecular weight excluding hydrogens is 204 g/mol. The van der Waals surface area contributed by atoms with Crippen LogP contribution in [0.1, 0.15) is 40.0 Å². The Morgan fingerprint density at radius 2 is 2.12 bits per heavy atom. The second-order valence-electron chi connectivity index (χ2n) is 4.95. The van der Waals surface area contributed by atoms with Crippen molar-refractivity contribution < 1.29 is 9.59 Å². The zero-order valence-corrected chi connectivity index (χ0v) is 10.5. The predicted molar refractivity (Wildman–Crippen MR) is 62.9 cm³/mol. The van der Waals surface area contributed by atoms with Crippen molar-refractivity contribution in [3.05, 3.63) is 0 Å². The standard InChI is InChI=1S/C12H22N2O2/c1-9(2)5-4-6-14-10(3)7-11(15)13-8-12(14)16/h9-10H,4-8H2,1-3H3,(H,13,15). The Morgan fingerprint density at radius 1 is 1.44 bits per heavy atom. The summed E-state index contributed by atoms with van der Waals surface area (Å²) in [5, 5.41) is 2.62. The molecule has 4 nitrogen and oxygen atoms in total. The summed E-state index contributed by atoms with van der Waals surface area (Å²) in [6, 6.07) is 0.0298. The first-order valence-corrected chi connectivity index (χ1v) is 6.07. The van der Waals surface area contributed by atoms with Gasteiger partial charge in [0, 0.05) is 19.0 Å². The van der Waals surface area contributed by atoms with E-state index in [1.807, 2.05) is 11.8 Å². The molecule has 0 aromatic rings. The molecule has 1 fully saturated rings. The van der Waals surface area contributed by atoms with Crippen molar-refractivity contribution in [1.82, 2.24) is 10.2 Å². The molecule has 2 amide bonds. The molecule has 1 unspecified atom stereocenters. The molecule has 4 heteroatoms. The van der Waals surface area contributed by atoms with Crippen LogP contribution in [0.4, 0.5) is 0 Å². The first-order valence-electron chi connectivity index (χ1n) is 6.07. The highest BCUT2D eigenvalue weighted by molar-refractivity contribution is 5.87. The molecule has 0 bridgehead atoms. The van der Waals surface area contributed by atoms with Gasteiger partial charge in [-0.1, -0.05) is 13.8 Å². The Labute approximate surface area is 97.4 Å². The molecule has 0 saturated carbocycles. The number of hydrogen-bond donors (Lipinski definition) is 1. The number of carbonyl (C=O) groups is 2. The van der Waals surface area contributed by atoms with E-state index in [4.69, 9.17) is 0 Å². The molecule has 1 aliphatic rings. The Kier molecular flexibility index (Phi) is 4.77. The van der Waals surface area contributed by atoms with E-state index in [0.29, 0.717) is 12.3 Å². The quantitative estimate of drug-likeness (QED) is 0.782. The predicted octanol–water partition coefficient (Wildman–Crippen LogP) is 1.16. The van der Waals surface area contributed by atoms with Gasteiger partial charge < -0.3 is 10.2 Å².